The van der Waals surface area contributed by atoms with Crippen LogP contribution < -0.4 is 14.2 Å². The van der Waals surface area contributed by atoms with Crippen molar-refractivity contribution in [1.82, 2.24) is 5.01 Å². The van der Waals surface area contributed by atoms with E-state index in [1.807, 2.05) is 18.2 Å². The van der Waals surface area contributed by atoms with Gasteiger partial charge in [-0.1, -0.05) is 28.1 Å². The van der Waals surface area contributed by atoms with Crippen LogP contribution in [0.1, 0.15) is 45.7 Å². The third kappa shape index (κ3) is 3.66. The quantitative estimate of drug-likeness (QED) is 0.469. The summed E-state index contributed by atoms with van der Waals surface area (Å²) in [7, 11) is 2.84. The first-order valence-corrected chi connectivity index (χ1v) is 11.3. The first-order valence-electron chi connectivity index (χ1n) is 10.5. The molecule has 34 heavy (non-hydrogen) atoms. The number of fused-ring (bicyclic) bond motifs is 3. The number of ether oxygens (including phenoxy) is 3. The maximum Gasteiger partial charge on any atom is 0.340 e. The molecule has 2 heterocycles. The molecule has 0 saturated carbocycles. The fourth-order valence-electron chi connectivity index (χ4n) is 4.45. The van der Waals surface area contributed by atoms with Gasteiger partial charge in [0.2, 0.25) is 6.23 Å². The Kier molecular flexibility index (Phi) is 5.65. The molecule has 0 radical (unpaired) electrons. The fraction of sp³-hybridized carbons (Fsp3) is 0.200. The van der Waals surface area contributed by atoms with Crippen molar-refractivity contribution in [2.75, 3.05) is 14.2 Å². The molecule has 7 nitrogen and oxygen atoms in total. The second-order valence-electron chi connectivity index (χ2n) is 7.88. The third-order valence-corrected chi connectivity index (χ3v) is 6.48. The summed E-state index contributed by atoms with van der Waals surface area (Å²) in [5.74, 6) is -0.453. The van der Waals surface area contributed by atoms with Gasteiger partial charge >= 0.3 is 5.97 Å². The van der Waals surface area contributed by atoms with E-state index in [0.29, 0.717) is 23.5 Å². The van der Waals surface area contributed by atoms with Crippen LogP contribution in [0.15, 0.2) is 64.2 Å². The van der Waals surface area contributed by atoms with E-state index in [1.54, 1.807) is 29.3 Å². The summed E-state index contributed by atoms with van der Waals surface area (Å²) >= 11 is 3.52. The molecule has 174 valence electrons. The number of aromatic carboxylic acids is 1. The predicted molar refractivity (Wildman–Crippen MR) is 126 cm³/mol. The van der Waals surface area contributed by atoms with Crippen LogP contribution in [0.25, 0.3) is 0 Å². The van der Waals surface area contributed by atoms with Crippen LogP contribution in [0.4, 0.5) is 4.39 Å². The van der Waals surface area contributed by atoms with Gasteiger partial charge in [-0.15, -0.1) is 0 Å². The van der Waals surface area contributed by atoms with Crippen molar-refractivity contribution >= 4 is 27.6 Å². The molecule has 0 spiro atoms. The van der Waals surface area contributed by atoms with Gasteiger partial charge in [-0.25, -0.2) is 14.2 Å². The molecule has 9 heteroatoms. The number of benzene rings is 3. The highest BCUT2D eigenvalue weighted by atomic mass is 79.9. The third-order valence-electron chi connectivity index (χ3n) is 5.99. The predicted octanol–water partition coefficient (Wildman–Crippen LogP) is 5.55. The SMILES string of the molecule is COc1ccc([C@@H]2Oc3ccc(Br)cc3[C@H]3CC(c4ccc(F)cc4)=NN32)c(C(=O)O)c1OC. The van der Waals surface area contributed by atoms with Gasteiger partial charge in [-0.3, -0.25) is 0 Å². The Morgan fingerprint density at radius 1 is 1.12 bits per heavy atom. The van der Waals surface area contributed by atoms with Crippen molar-refractivity contribution in [1.29, 1.82) is 0 Å². The van der Waals surface area contributed by atoms with Crippen molar-refractivity contribution in [3.05, 3.63) is 87.1 Å². The van der Waals surface area contributed by atoms with E-state index in [1.165, 1.54) is 26.4 Å². The van der Waals surface area contributed by atoms with Crippen LogP contribution in [0.5, 0.6) is 17.2 Å². The lowest BCUT2D eigenvalue weighted by Gasteiger charge is -2.38. The molecule has 1 N–H and O–H groups in total. The van der Waals surface area contributed by atoms with Crippen molar-refractivity contribution in [2.45, 2.75) is 18.7 Å². The lowest BCUT2D eigenvalue weighted by Crippen LogP contribution is -2.34. The Bertz CT molecular complexity index is 1310. The summed E-state index contributed by atoms with van der Waals surface area (Å²) in [4.78, 5) is 12.3. The summed E-state index contributed by atoms with van der Waals surface area (Å²) in [6.07, 6.45) is -0.285. The topological polar surface area (TPSA) is 80.6 Å². The Hall–Kier alpha value is -3.59. The summed E-state index contributed by atoms with van der Waals surface area (Å²) in [6, 6.07) is 14.9. The molecule has 0 aromatic heterocycles. The molecule has 3 aromatic rings. The van der Waals surface area contributed by atoms with Crippen LogP contribution in [0.2, 0.25) is 0 Å². The molecule has 3 aromatic carbocycles. The van der Waals surface area contributed by atoms with E-state index < -0.39 is 12.2 Å². The van der Waals surface area contributed by atoms with E-state index in [-0.39, 0.29) is 23.2 Å². The minimum atomic E-state index is -1.17. The van der Waals surface area contributed by atoms with E-state index in [4.69, 9.17) is 19.3 Å². The Labute approximate surface area is 203 Å². The maximum atomic E-state index is 13.5. The van der Waals surface area contributed by atoms with Crippen molar-refractivity contribution in [3.8, 4) is 17.2 Å². The molecule has 0 aliphatic carbocycles. The van der Waals surface area contributed by atoms with Crippen LogP contribution in [0, 0.1) is 5.82 Å². The number of nitrogens with zero attached hydrogens (tertiary/aromatic N) is 2. The number of methoxy groups -OCH3 is 2. The molecule has 0 unspecified atom stereocenters. The smallest absolute Gasteiger partial charge is 0.340 e. The average molecular weight is 527 g/mol. The zero-order valence-corrected chi connectivity index (χ0v) is 19.9. The van der Waals surface area contributed by atoms with E-state index >= 15 is 0 Å². The van der Waals surface area contributed by atoms with Gasteiger partial charge in [0, 0.05) is 22.0 Å². The van der Waals surface area contributed by atoms with Crippen LogP contribution in [-0.2, 0) is 0 Å². The van der Waals surface area contributed by atoms with Gasteiger partial charge in [0.25, 0.3) is 0 Å². The van der Waals surface area contributed by atoms with Gasteiger partial charge in [0.15, 0.2) is 11.5 Å². The van der Waals surface area contributed by atoms with Crippen LogP contribution in [0.3, 0.4) is 0 Å². The fourth-order valence-corrected chi connectivity index (χ4v) is 4.83. The standard InChI is InChI=1S/C25H20BrFN2O5/c1-32-21-10-8-16(22(25(30)31)23(21)33-2)24-29-19(17-11-14(26)5-9-20(17)34-24)12-18(28-29)13-3-6-15(27)7-4-13/h3-11,19,24H,12H2,1-2H3,(H,30,31)/t19-,24+/m1/s1. The highest BCUT2D eigenvalue weighted by Gasteiger charge is 2.43. The highest BCUT2D eigenvalue weighted by molar-refractivity contribution is 9.10. The molecule has 2 atom stereocenters. The second kappa shape index (κ2) is 8.64. The number of halogens is 2. The lowest BCUT2D eigenvalue weighted by atomic mass is 9.95. The molecule has 2 aliphatic rings. The lowest BCUT2D eigenvalue weighted by molar-refractivity contribution is -0.0199. The van der Waals surface area contributed by atoms with Crippen molar-refractivity contribution < 1.29 is 28.5 Å². The number of rotatable bonds is 5. The number of carbonyl (C=O) groups is 1. The largest absolute Gasteiger partial charge is 0.493 e. The number of carboxylic acid groups (broad SMARTS) is 1. The summed E-state index contributed by atoms with van der Waals surface area (Å²) in [5.41, 5.74) is 2.79. The molecule has 0 amide bonds. The Morgan fingerprint density at radius 3 is 2.56 bits per heavy atom. The number of hydrazone groups is 1. The maximum absolute atomic E-state index is 13.5. The minimum Gasteiger partial charge on any atom is -0.493 e. The van der Waals surface area contributed by atoms with Crippen LogP contribution in [-0.4, -0.2) is 36.0 Å². The second-order valence-corrected chi connectivity index (χ2v) is 8.79. The minimum absolute atomic E-state index is 0.0587. The van der Waals surface area contributed by atoms with Crippen LogP contribution >= 0.6 is 15.9 Å². The molecular formula is C25H20BrFN2O5. The number of hydrogen-bond acceptors (Lipinski definition) is 6. The van der Waals surface area contributed by atoms with Gasteiger partial charge in [0.1, 0.15) is 17.1 Å². The average Bonchev–Trinajstić information content (AvgIpc) is 3.29. The van der Waals surface area contributed by atoms with Crippen molar-refractivity contribution in [2.24, 2.45) is 5.10 Å². The zero-order valence-electron chi connectivity index (χ0n) is 18.3. The normalized spacial score (nSPS) is 18.5. The summed E-state index contributed by atoms with van der Waals surface area (Å²) < 4.78 is 31.4. The molecule has 2 aliphatic heterocycles. The molecule has 0 saturated heterocycles. The summed E-state index contributed by atoms with van der Waals surface area (Å²) in [6.45, 7) is 0. The highest BCUT2D eigenvalue weighted by Crippen LogP contribution is 2.50. The Morgan fingerprint density at radius 2 is 1.88 bits per heavy atom. The summed E-state index contributed by atoms with van der Waals surface area (Å²) in [5, 5.41) is 16.7. The monoisotopic (exact) mass is 526 g/mol. The van der Waals surface area contributed by atoms with Gasteiger partial charge < -0.3 is 19.3 Å². The number of hydrogen-bond donors (Lipinski definition) is 1. The molecule has 0 fully saturated rings. The molecular weight excluding hydrogens is 507 g/mol. The van der Waals surface area contributed by atoms with Crippen molar-refractivity contribution in [3.63, 3.8) is 0 Å². The van der Waals surface area contributed by atoms with E-state index in [0.717, 1.165) is 21.3 Å². The van der Waals surface area contributed by atoms with Gasteiger partial charge in [0.05, 0.1) is 26.0 Å². The van der Waals surface area contributed by atoms with Gasteiger partial charge in [-0.2, -0.15) is 5.10 Å². The first-order chi connectivity index (χ1) is 16.4. The zero-order chi connectivity index (χ0) is 24.0. The molecule has 5 rings (SSSR count). The van der Waals surface area contributed by atoms with E-state index in [9.17, 15) is 14.3 Å². The molecule has 0 bridgehead atoms. The van der Waals surface area contributed by atoms with Gasteiger partial charge in [-0.05, 0) is 48.0 Å². The van der Waals surface area contributed by atoms with E-state index in [2.05, 4.69) is 15.9 Å². The number of carboxylic acids is 1. The Balaban J connectivity index is 1.67. The first kappa shape index (κ1) is 22.2.